The summed E-state index contributed by atoms with van der Waals surface area (Å²) in [5.41, 5.74) is 3.83. The van der Waals surface area contributed by atoms with Crippen LogP contribution in [-0.2, 0) is 0 Å². The molecule has 0 aliphatic rings. The molecule has 0 saturated heterocycles. The van der Waals surface area contributed by atoms with Gasteiger partial charge in [0.05, 0.1) is 0 Å². The number of halogens is 1. The van der Waals surface area contributed by atoms with Gasteiger partial charge in [-0.05, 0) is 29.3 Å². The van der Waals surface area contributed by atoms with Gasteiger partial charge >= 0.3 is 0 Å². The van der Waals surface area contributed by atoms with E-state index in [-0.39, 0.29) is 5.78 Å². The Labute approximate surface area is 150 Å². The van der Waals surface area contributed by atoms with E-state index in [1.165, 1.54) is 0 Å². The van der Waals surface area contributed by atoms with Gasteiger partial charge in [0.2, 0.25) is 0 Å². The maximum absolute atomic E-state index is 12.2. The highest BCUT2D eigenvalue weighted by Gasteiger charge is 2.02. The van der Waals surface area contributed by atoms with Crippen LogP contribution in [0.2, 0.25) is 0 Å². The summed E-state index contributed by atoms with van der Waals surface area (Å²) in [5, 5.41) is 3.09. The number of allylic oxidation sites excluding steroid dienone is 1. The van der Waals surface area contributed by atoms with Crippen LogP contribution in [0.1, 0.15) is 10.4 Å². The third kappa shape index (κ3) is 4.21. The van der Waals surface area contributed by atoms with Crippen molar-refractivity contribution in [3.63, 3.8) is 0 Å². The van der Waals surface area contributed by atoms with E-state index >= 15 is 0 Å². The molecular formula is C21H16BrNO. The molecule has 0 unspecified atom stereocenters. The van der Waals surface area contributed by atoms with Crippen molar-refractivity contribution < 1.29 is 4.79 Å². The number of carbonyl (C=O) groups is 1. The first kappa shape index (κ1) is 16.2. The van der Waals surface area contributed by atoms with Gasteiger partial charge in [-0.3, -0.25) is 4.79 Å². The van der Waals surface area contributed by atoms with Crippen molar-refractivity contribution >= 4 is 27.4 Å². The molecule has 118 valence electrons. The van der Waals surface area contributed by atoms with Crippen molar-refractivity contribution in [1.82, 2.24) is 0 Å². The molecule has 0 spiro atoms. The lowest BCUT2D eigenvalue weighted by atomic mass is 10.0. The molecule has 3 rings (SSSR count). The first-order valence-electron chi connectivity index (χ1n) is 7.61. The van der Waals surface area contributed by atoms with Crippen molar-refractivity contribution in [3.8, 4) is 11.1 Å². The Hall–Kier alpha value is -2.65. The van der Waals surface area contributed by atoms with E-state index in [0.717, 1.165) is 21.3 Å². The number of ketones is 1. The van der Waals surface area contributed by atoms with Crippen LogP contribution < -0.4 is 5.32 Å². The Balaban J connectivity index is 1.66. The summed E-state index contributed by atoms with van der Waals surface area (Å²) < 4.78 is 0.990. The fourth-order valence-corrected chi connectivity index (χ4v) is 2.74. The zero-order valence-electron chi connectivity index (χ0n) is 12.9. The average molecular weight is 378 g/mol. The molecule has 0 fully saturated rings. The Kier molecular flexibility index (Phi) is 5.24. The molecular weight excluding hydrogens is 362 g/mol. The van der Waals surface area contributed by atoms with E-state index in [1.54, 1.807) is 12.3 Å². The lowest BCUT2D eigenvalue weighted by Crippen LogP contribution is -1.96. The Morgan fingerprint density at radius 2 is 1.54 bits per heavy atom. The van der Waals surface area contributed by atoms with E-state index in [9.17, 15) is 4.79 Å². The van der Waals surface area contributed by atoms with Crippen LogP contribution in [0.15, 0.2) is 95.6 Å². The molecule has 3 heteroatoms. The fourth-order valence-electron chi connectivity index (χ4n) is 2.35. The molecule has 0 heterocycles. The van der Waals surface area contributed by atoms with E-state index < -0.39 is 0 Å². The normalized spacial score (nSPS) is 10.7. The molecule has 0 atom stereocenters. The number of benzene rings is 3. The molecule has 3 aromatic carbocycles. The Morgan fingerprint density at radius 1 is 0.833 bits per heavy atom. The molecule has 3 aromatic rings. The van der Waals surface area contributed by atoms with Crippen LogP contribution in [0.25, 0.3) is 11.1 Å². The van der Waals surface area contributed by atoms with Gasteiger partial charge in [-0.15, -0.1) is 0 Å². The lowest BCUT2D eigenvalue weighted by molar-refractivity contribution is 0.104. The van der Waals surface area contributed by atoms with E-state index in [2.05, 4.69) is 33.4 Å². The van der Waals surface area contributed by atoms with E-state index in [4.69, 9.17) is 0 Å². The minimum Gasteiger partial charge on any atom is -0.362 e. The van der Waals surface area contributed by atoms with E-state index in [1.807, 2.05) is 66.7 Å². The van der Waals surface area contributed by atoms with Crippen LogP contribution in [0.5, 0.6) is 0 Å². The fraction of sp³-hybridized carbons (Fsp3) is 0. The first-order chi connectivity index (χ1) is 11.7. The molecule has 0 aromatic heterocycles. The number of rotatable bonds is 5. The highest BCUT2D eigenvalue weighted by Crippen LogP contribution is 2.19. The second-order valence-corrected chi connectivity index (χ2v) is 6.21. The second-order valence-electron chi connectivity index (χ2n) is 5.30. The highest BCUT2D eigenvalue weighted by atomic mass is 79.9. The zero-order valence-corrected chi connectivity index (χ0v) is 14.5. The van der Waals surface area contributed by atoms with Gasteiger partial charge in [-0.25, -0.2) is 0 Å². The molecule has 24 heavy (non-hydrogen) atoms. The summed E-state index contributed by atoms with van der Waals surface area (Å²) in [6.45, 7) is 0. The lowest BCUT2D eigenvalue weighted by Gasteiger charge is -2.03. The van der Waals surface area contributed by atoms with Gasteiger partial charge in [0.15, 0.2) is 5.78 Å². The summed E-state index contributed by atoms with van der Waals surface area (Å²) in [5.74, 6) is -0.0305. The van der Waals surface area contributed by atoms with Crippen LogP contribution in [0.4, 0.5) is 5.69 Å². The minimum atomic E-state index is -0.0305. The van der Waals surface area contributed by atoms with Gasteiger partial charge in [0.1, 0.15) is 0 Å². The van der Waals surface area contributed by atoms with Gasteiger partial charge in [0.25, 0.3) is 0 Å². The molecule has 0 amide bonds. The molecule has 0 aliphatic carbocycles. The first-order valence-corrected chi connectivity index (χ1v) is 8.40. The largest absolute Gasteiger partial charge is 0.362 e. The number of nitrogens with one attached hydrogen (secondary N) is 1. The third-order valence-electron chi connectivity index (χ3n) is 3.59. The number of anilines is 1. The summed E-state index contributed by atoms with van der Waals surface area (Å²) in [6.07, 6.45) is 3.20. The topological polar surface area (TPSA) is 29.1 Å². The maximum atomic E-state index is 12.2. The number of hydrogen-bond acceptors (Lipinski definition) is 2. The molecule has 0 bridgehead atoms. The standard InChI is InChI=1S/C21H16BrNO/c22-19-7-4-8-20(15-19)23-14-13-21(24)18-11-9-17(10-12-18)16-5-2-1-3-6-16/h1-15,23H/b14-13+. The minimum absolute atomic E-state index is 0.0305. The van der Waals surface area contributed by atoms with Crippen molar-refractivity contribution in [2.24, 2.45) is 0 Å². The summed E-state index contributed by atoms with van der Waals surface area (Å²) >= 11 is 3.41. The number of hydrogen-bond donors (Lipinski definition) is 1. The molecule has 0 saturated carbocycles. The monoisotopic (exact) mass is 377 g/mol. The van der Waals surface area contributed by atoms with Crippen molar-refractivity contribution in [1.29, 1.82) is 0 Å². The molecule has 2 nitrogen and oxygen atoms in total. The number of carbonyl (C=O) groups excluding carboxylic acids is 1. The molecule has 1 N–H and O–H groups in total. The molecule has 0 radical (unpaired) electrons. The summed E-state index contributed by atoms with van der Waals surface area (Å²) in [6, 6.07) is 25.5. The van der Waals surface area contributed by atoms with Crippen LogP contribution in [0, 0.1) is 0 Å². The predicted molar refractivity (Wildman–Crippen MR) is 103 cm³/mol. The van der Waals surface area contributed by atoms with Crippen molar-refractivity contribution in [2.45, 2.75) is 0 Å². The maximum Gasteiger partial charge on any atom is 0.187 e. The SMILES string of the molecule is O=C(/C=C/Nc1cccc(Br)c1)c1ccc(-c2ccccc2)cc1. The summed E-state index contributed by atoms with van der Waals surface area (Å²) in [7, 11) is 0. The Bertz CT molecular complexity index is 855. The quantitative estimate of drug-likeness (QED) is 0.441. The Morgan fingerprint density at radius 3 is 2.25 bits per heavy atom. The van der Waals surface area contributed by atoms with Crippen LogP contribution in [-0.4, -0.2) is 5.78 Å². The smallest absolute Gasteiger partial charge is 0.187 e. The van der Waals surface area contributed by atoms with Crippen LogP contribution in [0.3, 0.4) is 0 Å². The van der Waals surface area contributed by atoms with Gasteiger partial charge in [-0.1, -0.05) is 76.6 Å². The van der Waals surface area contributed by atoms with Crippen molar-refractivity contribution in [2.75, 3.05) is 5.32 Å². The third-order valence-corrected chi connectivity index (χ3v) is 4.08. The molecule has 0 aliphatic heterocycles. The predicted octanol–water partition coefficient (Wildman–Crippen LogP) is 5.92. The van der Waals surface area contributed by atoms with Gasteiger partial charge in [-0.2, -0.15) is 0 Å². The summed E-state index contributed by atoms with van der Waals surface area (Å²) in [4.78, 5) is 12.2. The van der Waals surface area contributed by atoms with Gasteiger partial charge in [0, 0.05) is 28.0 Å². The van der Waals surface area contributed by atoms with Crippen LogP contribution >= 0.6 is 15.9 Å². The van der Waals surface area contributed by atoms with Gasteiger partial charge < -0.3 is 5.32 Å². The van der Waals surface area contributed by atoms with E-state index in [0.29, 0.717) is 5.56 Å². The highest BCUT2D eigenvalue weighted by molar-refractivity contribution is 9.10. The zero-order chi connectivity index (χ0) is 16.8. The average Bonchev–Trinajstić information content (AvgIpc) is 2.63. The van der Waals surface area contributed by atoms with Crippen molar-refractivity contribution in [3.05, 3.63) is 101 Å². The second kappa shape index (κ2) is 7.75.